The highest BCUT2D eigenvalue weighted by Crippen LogP contribution is 2.28. The Morgan fingerprint density at radius 1 is 1.21 bits per heavy atom. The molecule has 0 spiro atoms. The van der Waals surface area contributed by atoms with Gasteiger partial charge in [-0.25, -0.2) is 0 Å². The van der Waals surface area contributed by atoms with Gasteiger partial charge < -0.3 is 20.4 Å². The van der Waals surface area contributed by atoms with Crippen LogP contribution in [0, 0.1) is 0 Å². The van der Waals surface area contributed by atoms with Crippen LogP contribution in [0.1, 0.15) is 47.0 Å². The Labute approximate surface area is 167 Å². The number of carbonyl (C=O) groups excluding carboxylic acids is 2. The quantitative estimate of drug-likeness (QED) is 0.582. The summed E-state index contributed by atoms with van der Waals surface area (Å²) >= 11 is 5.99. The predicted molar refractivity (Wildman–Crippen MR) is 109 cm³/mol. The molecule has 1 aliphatic heterocycles. The molecular weight excluding hydrogens is 378 g/mol. The first-order valence-corrected chi connectivity index (χ1v) is 9.62. The molecule has 2 heterocycles. The minimum atomic E-state index is -0.307. The zero-order chi connectivity index (χ0) is 19.7. The Kier molecular flexibility index (Phi) is 4.96. The molecule has 4 rings (SSSR count). The lowest BCUT2D eigenvalue weighted by molar-refractivity contribution is 0.0735. The van der Waals surface area contributed by atoms with Crippen molar-refractivity contribution in [3.63, 3.8) is 0 Å². The number of benzene rings is 2. The first-order valence-electron chi connectivity index (χ1n) is 9.24. The van der Waals surface area contributed by atoms with E-state index in [1.165, 1.54) is 0 Å². The third kappa shape index (κ3) is 3.68. The Morgan fingerprint density at radius 2 is 2.07 bits per heavy atom. The maximum Gasteiger partial charge on any atom is 0.272 e. The van der Waals surface area contributed by atoms with Gasteiger partial charge in [0.25, 0.3) is 11.8 Å². The van der Waals surface area contributed by atoms with E-state index in [4.69, 9.17) is 16.3 Å². The van der Waals surface area contributed by atoms with Gasteiger partial charge in [0.15, 0.2) is 6.23 Å². The lowest BCUT2D eigenvalue weighted by Gasteiger charge is -2.27. The number of nitrogens with one attached hydrogen (secondary N) is 3. The molecule has 0 saturated heterocycles. The third-order valence-electron chi connectivity index (χ3n) is 4.69. The SMILES string of the molecule is CCCCC1NC(=O)c2cc(NC(=O)c3cc4cc(Cl)ccc4[nH]3)ccc2O1. The minimum absolute atomic E-state index is 0.196. The monoisotopic (exact) mass is 397 g/mol. The van der Waals surface area contributed by atoms with E-state index in [9.17, 15) is 9.59 Å². The van der Waals surface area contributed by atoms with Crippen molar-refractivity contribution in [1.29, 1.82) is 0 Å². The Morgan fingerprint density at radius 3 is 2.89 bits per heavy atom. The van der Waals surface area contributed by atoms with Gasteiger partial charge in [-0.3, -0.25) is 9.59 Å². The summed E-state index contributed by atoms with van der Waals surface area (Å²) in [4.78, 5) is 28.0. The van der Waals surface area contributed by atoms with Crippen LogP contribution >= 0.6 is 11.6 Å². The van der Waals surface area contributed by atoms with E-state index in [1.54, 1.807) is 36.4 Å². The van der Waals surface area contributed by atoms with Crippen LogP contribution in [0.5, 0.6) is 5.75 Å². The fourth-order valence-corrected chi connectivity index (χ4v) is 3.42. The fraction of sp³-hybridized carbons (Fsp3) is 0.238. The molecule has 7 heteroatoms. The van der Waals surface area contributed by atoms with Crippen molar-refractivity contribution in [1.82, 2.24) is 10.3 Å². The van der Waals surface area contributed by atoms with Crippen LogP contribution in [0.25, 0.3) is 10.9 Å². The normalized spacial score (nSPS) is 15.6. The number of H-pyrrole nitrogens is 1. The van der Waals surface area contributed by atoms with Crippen molar-refractivity contribution in [3.05, 3.63) is 58.7 Å². The standard InChI is InChI=1S/C21H20ClN3O3/c1-2-3-4-19-25-20(26)15-11-14(6-8-18(15)28-19)23-21(27)17-10-12-9-13(22)5-7-16(12)24-17/h5-11,19,24H,2-4H2,1H3,(H,23,27)(H,25,26). The van der Waals surface area contributed by atoms with Gasteiger partial charge in [0.05, 0.1) is 5.56 Å². The topological polar surface area (TPSA) is 83.2 Å². The highest BCUT2D eigenvalue weighted by Gasteiger charge is 2.25. The van der Waals surface area contributed by atoms with E-state index in [2.05, 4.69) is 22.5 Å². The predicted octanol–water partition coefficient (Wildman–Crippen LogP) is 4.71. The number of carbonyl (C=O) groups is 2. The number of rotatable bonds is 5. The van der Waals surface area contributed by atoms with Crippen LogP contribution in [-0.4, -0.2) is 23.0 Å². The average molecular weight is 398 g/mol. The van der Waals surface area contributed by atoms with E-state index in [1.807, 2.05) is 6.07 Å². The van der Waals surface area contributed by atoms with Gasteiger partial charge in [-0.2, -0.15) is 0 Å². The second kappa shape index (κ2) is 7.56. The van der Waals surface area contributed by atoms with Crippen LogP contribution in [-0.2, 0) is 0 Å². The molecule has 144 valence electrons. The highest BCUT2D eigenvalue weighted by atomic mass is 35.5. The van der Waals surface area contributed by atoms with Gasteiger partial charge in [-0.15, -0.1) is 0 Å². The third-order valence-corrected chi connectivity index (χ3v) is 4.93. The summed E-state index contributed by atoms with van der Waals surface area (Å²) in [7, 11) is 0. The summed E-state index contributed by atoms with van der Waals surface area (Å²) < 4.78 is 5.84. The molecule has 0 radical (unpaired) electrons. The lowest BCUT2D eigenvalue weighted by Crippen LogP contribution is -2.43. The van der Waals surface area contributed by atoms with Gasteiger partial charge in [-0.05, 0) is 48.9 Å². The van der Waals surface area contributed by atoms with E-state index in [0.717, 1.165) is 30.2 Å². The number of hydrogen-bond acceptors (Lipinski definition) is 3. The fourth-order valence-electron chi connectivity index (χ4n) is 3.24. The van der Waals surface area contributed by atoms with Gasteiger partial charge in [0, 0.05) is 28.0 Å². The zero-order valence-electron chi connectivity index (χ0n) is 15.3. The van der Waals surface area contributed by atoms with Crippen molar-refractivity contribution in [2.75, 3.05) is 5.32 Å². The molecule has 0 saturated carbocycles. The number of halogens is 1. The van der Waals surface area contributed by atoms with Crippen LogP contribution in [0.15, 0.2) is 42.5 Å². The molecule has 1 aliphatic rings. The number of hydrogen-bond donors (Lipinski definition) is 3. The lowest BCUT2D eigenvalue weighted by atomic mass is 10.1. The number of fused-ring (bicyclic) bond motifs is 2. The molecule has 6 nitrogen and oxygen atoms in total. The molecular formula is C21H20ClN3O3. The van der Waals surface area contributed by atoms with Crippen molar-refractivity contribution in [2.24, 2.45) is 0 Å². The second-order valence-electron chi connectivity index (χ2n) is 6.80. The van der Waals surface area contributed by atoms with Crippen LogP contribution in [0.3, 0.4) is 0 Å². The summed E-state index contributed by atoms with van der Waals surface area (Å²) in [6, 6.07) is 12.2. The molecule has 0 bridgehead atoms. The Balaban J connectivity index is 1.51. The molecule has 2 aromatic carbocycles. The molecule has 28 heavy (non-hydrogen) atoms. The Hall–Kier alpha value is -2.99. The van der Waals surface area contributed by atoms with Crippen LogP contribution < -0.4 is 15.4 Å². The molecule has 3 aromatic rings. The largest absolute Gasteiger partial charge is 0.470 e. The first kappa shape index (κ1) is 18.4. The number of aromatic nitrogens is 1. The van der Waals surface area contributed by atoms with Crippen molar-refractivity contribution in [2.45, 2.75) is 32.4 Å². The Bertz CT molecular complexity index is 1060. The molecule has 1 atom stereocenters. The van der Waals surface area contributed by atoms with E-state index < -0.39 is 0 Å². The molecule has 2 amide bonds. The van der Waals surface area contributed by atoms with Gasteiger partial charge in [0.1, 0.15) is 11.4 Å². The highest BCUT2D eigenvalue weighted by molar-refractivity contribution is 6.31. The molecule has 0 fully saturated rings. The smallest absolute Gasteiger partial charge is 0.272 e. The molecule has 1 aromatic heterocycles. The average Bonchev–Trinajstić information content (AvgIpc) is 3.10. The van der Waals surface area contributed by atoms with Crippen molar-refractivity contribution >= 4 is 40.0 Å². The number of amides is 2. The van der Waals surface area contributed by atoms with E-state index in [-0.39, 0.29) is 18.0 Å². The van der Waals surface area contributed by atoms with Gasteiger partial charge >= 0.3 is 0 Å². The minimum Gasteiger partial charge on any atom is -0.470 e. The number of anilines is 1. The molecule has 0 aliphatic carbocycles. The number of unbranched alkanes of at least 4 members (excludes halogenated alkanes) is 1. The van der Waals surface area contributed by atoms with Crippen LogP contribution in [0.4, 0.5) is 5.69 Å². The molecule has 3 N–H and O–H groups in total. The van der Waals surface area contributed by atoms with E-state index in [0.29, 0.717) is 27.7 Å². The summed E-state index contributed by atoms with van der Waals surface area (Å²) in [5.41, 5.74) is 2.17. The summed E-state index contributed by atoms with van der Waals surface area (Å²) in [5, 5.41) is 7.12. The van der Waals surface area contributed by atoms with Gasteiger partial charge in [-0.1, -0.05) is 24.9 Å². The van der Waals surface area contributed by atoms with Crippen LogP contribution in [0.2, 0.25) is 5.02 Å². The second-order valence-corrected chi connectivity index (χ2v) is 7.24. The van der Waals surface area contributed by atoms with Crippen molar-refractivity contribution < 1.29 is 14.3 Å². The number of ether oxygens (including phenoxy) is 1. The van der Waals surface area contributed by atoms with Gasteiger partial charge in [0.2, 0.25) is 0 Å². The first-order chi connectivity index (χ1) is 13.5. The summed E-state index contributed by atoms with van der Waals surface area (Å²) in [6.07, 6.45) is 2.47. The maximum absolute atomic E-state index is 12.6. The number of aromatic amines is 1. The zero-order valence-corrected chi connectivity index (χ0v) is 16.1. The summed E-state index contributed by atoms with van der Waals surface area (Å²) in [6.45, 7) is 2.09. The van der Waals surface area contributed by atoms with Crippen molar-refractivity contribution in [3.8, 4) is 5.75 Å². The summed E-state index contributed by atoms with van der Waals surface area (Å²) in [5.74, 6) is 0.0343. The maximum atomic E-state index is 12.6. The van der Waals surface area contributed by atoms with E-state index >= 15 is 0 Å². The molecule has 1 unspecified atom stereocenters.